The number of Topliss-reactive ketones (excluding diaryl/α,β-unsaturated/α-hetero) is 1. The average Bonchev–Trinajstić information content (AvgIpc) is 2.33. The molecule has 4 heteroatoms. The summed E-state index contributed by atoms with van der Waals surface area (Å²) in [6, 6.07) is 7.26. The first-order valence-electron chi connectivity index (χ1n) is 5.81. The lowest BCUT2D eigenvalue weighted by molar-refractivity contribution is -0.113. The van der Waals surface area contributed by atoms with Gasteiger partial charge in [0.25, 0.3) is 0 Å². The number of rotatable bonds is 5. The number of benzene rings is 1. The van der Waals surface area contributed by atoms with Crippen molar-refractivity contribution in [1.82, 2.24) is 0 Å². The highest BCUT2D eigenvalue weighted by Crippen LogP contribution is 2.16. The lowest BCUT2D eigenvalue weighted by Gasteiger charge is -2.11. The molecule has 0 aliphatic carbocycles. The van der Waals surface area contributed by atoms with Crippen molar-refractivity contribution in [3.8, 4) is 0 Å². The second kappa shape index (κ2) is 6.97. The van der Waals surface area contributed by atoms with Gasteiger partial charge in [0.1, 0.15) is 5.84 Å². The van der Waals surface area contributed by atoms with Crippen molar-refractivity contribution in [2.45, 2.75) is 20.3 Å². The first-order chi connectivity index (χ1) is 8.54. The van der Waals surface area contributed by atoms with Gasteiger partial charge in [-0.25, -0.2) is 0 Å². The monoisotopic (exact) mass is 264 g/mol. The third-order valence-corrected chi connectivity index (χ3v) is 2.53. The lowest BCUT2D eigenvalue weighted by Crippen LogP contribution is -2.19. The molecular formula is C14H17ClN2O. The molecule has 1 aromatic carbocycles. The van der Waals surface area contributed by atoms with Gasteiger partial charge in [-0.3, -0.25) is 9.79 Å². The average molecular weight is 265 g/mol. The zero-order valence-corrected chi connectivity index (χ0v) is 11.4. The van der Waals surface area contributed by atoms with Crippen LogP contribution in [0.4, 0.5) is 5.69 Å². The maximum Gasteiger partial charge on any atom is 0.162 e. The maximum atomic E-state index is 11.4. The molecular weight excluding hydrogens is 248 g/mol. The van der Waals surface area contributed by atoms with Gasteiger partial charge in [-0.1, -0.05) is 31.2 Å². The van der Waals surface area contributed by atoms with Crippen LogP contribution in [-0.4, -0.2) is 18.2 Å². The number of ketones is 1. The summed E-state index contributed by atoms with van der Waals surface area (Å²) in [6.45, 7) is 7.90. The normalized spacial score (nSPS) is 11.2. The molecule has 96 valence electrons. The number of nitrogens with one attached hydrogen (secondary N) is 1. The first kappa shape index (κ1) is 14.5. The Balaban J connectivity index is 2.92. The molecule has 0 spiro atoms. The number of halogens is 1. The minimum atomic E-state index is -0.0978. The van der Waals surface area contributed by atoms with Crippen LogP contribution in [0.1, 0.15) is 20.3 Å². The second-order valence-electron chi connectivity index (χ2n) is 3.90. The van der Waals surface area contributed by atoms with E-state index in [4.69, 9.17) is 11.6 Å². The molecule has 0 saturated heterocycles. The third-order valence-electron chi connectivity index (χ3n) is 2.29. The highest BCUT2D eigenvalue weighted by atomic mass is 35.5. The standard InChI is InChI=1S/C14H17ClN2O/c1-4-8-16-14(10(2)11(3)18)17-13-7-5-6-12(15)9-13/h5-7,9H,2,4,8H2,1,3H3,(H,16,17). The molecule has 18 heavy (non-hydrogen) atoms. The summed E-state index contributed by atoms with van der Waals surface area (Å²) >= 11 is 5.91. The van der Waals surface area contributed by atoms with E-state index in [1.165, 1.54) is 6.92 Å². The van der Waals surface area contributed by atoms with Gasteiger partial charge >= 0.3 is 0 Å². The summed E-state index contributed by atoms with van der Waals surface area (Å²) < 4.78 is 0. The van der Waals surface area contributed by atoms with Gasteiger partial charge in [0.15, 0.2) is 5.78 Å². The van der Waals surface area contributed by atoms with E-state index >= 15 is 0 Å². The number of hydrogen-bond donors (Lipinski definition) is 1. The predicted octanol–water partition coefficient (Wildman–Crippen LogP) is 3.71. The van der Waals surface area contributed by atoms with Crippen molar-refractivity contribution in [2.24, 2.45) is 4.99 Å². The molecule has 0 saturated carbocycles. The van der Waals surface area contributed by atoms with Crippen molar-refractivity contribution in [2.75, 3.05) is 11.9 Å². The van der Waals surface area contributed by atoms with Crippen LogP contribution in [0.25, 0.3) is 0 Å². The fourth-order valence-corrected chi connectivity index (χ4v) is 1.49. The van der Waals surface area contributed by atoms with Crippen molar-refractivity contribution in [3.05, 3.63) is 41.4 Å². The van der Waals surface area contributed by atoms with Crippen LogP contribution >= 0.6 is 11.6 Å². The summed E-state index contributed by atoms with van der Waals surface area (Å²) in [7, 11) is 0. The quantitative estimate of drug-likeness (QED) is 0.500. The molecule has 1 rings (SSSR count). The molecule has 0 atom stereocenters. The molecule has 1 aromatic rings. The van der Waals surface area contributed by atoms with Crippen LogP contribution in [0.3, 0.4) is 0 Å². The molecule has 0 bridgehead atoms. The zero-order valence-electron chi connectivity index (χ0n) is 10.7. The van der Waals surface area contributed by atoms with Gasteiger partial charge in [0.2, 0.25) is 0 Å². The second-order valence-corrected chi connectivity index (χ2v) is 4.34. The number of hydrogen-bond acceptors (Lipinski definition) is 2. The summed E-state index contributed by atoms with van der Waals surface area (Å²) in [5, 5.41) is 3.71. The van der Waals surface area contributed by atoms with Crippen molar-refractivity contribution in [3.63, 3.8) is 0 Å². The molecule has 0 aliphatic heterocycles. The van der Waals surface area contributed by atoms with Crippen LogP contribution in [0.5, 0.6) is 0 Å². The number of carbonyl (C=O) groups excluding carboxylic acids is 1. The van der Waals surface area contributed by atoms with E-state index in [1.54, 1.807) is 12.1 Å². The Morgan fingerprint density at radius 3 is 2.78 bits per heavy atom. The summed E-state index contributed by atoms with van der Waals surface area (Å²) in [5.41, 5.74) is 1.17. The van der Waals surface area contributed by atoms with Gasteiger partial charge in [-0.2, -0.15) is 0 Å². The van der Waals surface area contributed by atoms with E-state index in [9.17, 15) is 4.79 Å². The van der Waals surface area contributed by atoms with Crippen LogP contribution in [0, 0.1) is 0 Å². The number of carbonyl (C=O) groups is 1. The van der Waals surface area contributed by atoms with Crippen molar-refractivity contribution < 1.29 is 4.79 Å². The van der Waals surface area contributed by atoms with Crippen LogP contribution in [0.2, 0.25) is 5.02 Å². The fourth-order valence-electron chi connectivity index (χ4n) is 1.30. The van der Waals surface area contributed by atoms with E-state index in [2.05, 4.69) is 16.9 Å². The minimum absolute atomic E-state index is 0.0978. The lowest BCUT2D eigenvalue weighted by atomic mass is 10.2. The predicted molar refractivity (Wildman–Crippen MR) is 77.5 cm³/mol. The maximum absolute atomic E-state index is 11.4. The van der Waals surface area contributed by atoms with E-state index < -0.39 is 0 Å². The molecule has 3 nitrogen and oxygen atoms in total. The Bertz CT molecular complexity index is 480. The van der Waals surface area contributed by atoms with Crippen LogP contribution < -0.4 is 5.32 Å². The smallest absolute Gasteiger partial charge is 0.162 e. The summed E-state index contributed by atoms with van der Waals surface area (Å²) in [6.07, 6.45) is 0.909. The summed E-state index contributed by atoms with van der Waals surface area (Å²) in [5.74, 6) is 0.408. The number of nitrogens with zero attached hydrogens (tertiary/aromatic N) is 1. The highest BCUT2D eigenvalue weighted by molar-refractivity contribution is 6.31. The molecule has 0 aliphatic rings. The largest absolute Gasteiger partial charge is 0.340 e. The Morgan fingerprint density at radius 2 is 2.22 bits per heavy atom. The van der Waals surface area contributed by atoms with Crippen LogP contribution in [0.15, 0.2) is 41.4 Å². The Kier molecular flexibility index (Phi) is 5.59. The van der Waals surface area contributed by atoms with E-state index in [0.29, 0.717) is 23.0 Å². The highest BCUT2D eigenvalue weighted by Gasteiger charge is 2.09. The number of anilines is 1. The summed E-state index contributed by atoms with van der Waals surface area (Å²) in [4.78, 5) is 15.7. The van der Waals surface area contributed by atoms with Crippen molar-refractivity contribution in [1.29, 1.82) is 0 Å². The number of amidine groups is 1. The number of aliphatic imine (C=N–C) groups is 1. The Labute approximate surface area is 113 Å². The van der Waals surface area contributed by atoms with E-state index in [-0.39, 0.29) is 5.78 Å². The Hall–Kier alpha value is -1.61. The van der Waals surface area contributed by atoms with E-state index in [1.807, 2.05) is 19.1 Å². The van der Waals surface area contributed by atoms with Gasteiger partial charge in [-0.15, -0.1) is 0 Å². The van der Waals surface area contributed by atoms with Gasteiger partial charge in [0, 0.05) is 17.3 Å². The van der Waals surface area contributed by atoms with Gasteiger partial charge in [0.05, 0.1) is 5.57 Å². The van der Waals surface area contributed by atoms with Crippen molar-refractivity contribution >= 4 is 28.9 Å². The van der Waals surface area contributed by atoms with Gasteiger partial charge < -0.3 is 5.32 Å². The Morgan fingerprint density at radius 1 is 1.50 bits per heavy atom. The topological polar surface area (TPSA) is 41.5 Å². The molecule has 0 aromatic heterocycles. The van der Waals surface area contributed by atoms with Crippen LogP contribution in [-0.2, 0) is 4.79 Å². The molecule has 0 unspecified atom stereocenters. The SMILES string of the molecule is C=C(C(C)=O)C(=NCCC)Nc1cccc(Cl)c1. The zero-order chi connectivity index (χ0) is 13.5. The fraction of sp³-hybridized carbons (Fsp3) is 0.286. The molecule has 0 fully saturated rings. The molecule has 0 amide bonds. The minimum Gasteiger partial charge on any atom is -0.340 e. The van der Waals surface area contributed by atoms with Gasteiger partial charge in [-0.05, 0) is 31.5 Å². The first-order valence-corrected chi connectivity index (χ1v) is 6.19. The molecule has 1 N–H and O–H groups in total. The van der Waals surface area contributed by atoms with E-state index in [0.717, 1.165) is 12.1 Å². The molecule has 0 radical (unpaired) electrons. The third kappa shape index (κ3) is 4.34. The molecule has 0 heterocycles.